The van der Waals surface area contributed by atoms with Crippen LogP contribution in [-0.2, 0) is 4.74 Å². The molecule has 1 N–H and O–H groups in total. The minimum absolute atomic E-state index is 0.0536. The van der Waals surface area contributed by atoms with Crippen LogP contribution < -0.4 is 5.32 Å². The molecule has 0 fully saturated rings. The van der Waals surface area contributed by atoms with Crippen LogP contribution in [0.25, 0.3) is 22.6 Å². The molecule has 1 aromatic heterocycles. The fourth-order valence-corrected chi connectivity index (χ4v) is 3.05. The van der Waals surface area contributed by atoms with Gasteiger partial charge in [0.1, 0.15) is 5.52 Å². The zero-order valence-corrected chi connectivity index (χ0v) is 16.6. The lowest BCUT2D eigenvalue weighted by Gasteiger charge is -2.09. The van der Waals surface area contributed by atoms with Crippen molar-refractivity contribution < 1.29 is 13.9 Å². The van der Waals surface area contributed by atoms with Gasteiger partial charge in [-0.1, -0.05) is 15.9 Å². The maximum atomic E-state index is 11.8. The second kappa shape index (κ2) is 8.01. The van der Waals surface area contributed by atoms with Gasteiger partial charge in [-0.15, -0.1) is 0 Å². The molecule has 136 valence electrons. The highest BCUT2D eigenvalue weighted by atomic mass is 79.9. The fraction of sp³-hybridized carbons (Fsp3) is 0.300. The molecule has 0 amide bonds. The largest absolute Gasteiger partial charge is 0.435 e. The number of carbonyl (C=O) groups excluding carboxylic acids is 1. The molecule has 0 atom stereocenters. The third kappa shape index (κ3) is 4.31. The van der Waals surface area contributed by atoms with E-state index in [4.69, 9.17) is 9.15 Å². The van der Waals surface area contributed by atoms with E-state index in [0.29, 0.717) is 29.2 Å². The van der Waals surface area contributed by atoms with Gasteiger partial charge >= 0.3 is 0 Å². The number of Topliss-reactive ketones (excluding diaryl/α,β-unsaturated/α-hetero) is 1. The predicted octanol–water partition coefficient (Wildman–Crippen LogP) is 5.30. The molecule has 0 saturated heterocycles. The van der Waals surface area contributed by atoms with Crippen molar-refractivity contribution >= 4 is 38.5 Å². The van der Waals surface area contributed by atoms with Gasteiger partial charge in [-0.25, -0.2) is 4.98 Å². The van der Waals surface area contributed by atoms with Gasteiger partial charge in [0, 0.05) is 22.3 Å². The average molecular weight is 417 g/mol. The molecule has 0 aliphatic rings. The number of anilines is 1. The Bertz CT molecular complexity index is 917. The number of nitrogens with one attached hydrogen (secondary N) is 1. The lowest BCUT2D eigenvalue weighted by Crippen LogP contribution is -2.13. The van der Waals surface area contributed by atoms with Crippen LogP contribution in [0.3, 0.4) is 0 Å². The summed E-state index contributed by atoms with van der Waals surface area (Å²) in [7, 11) is 0. The standard InChI is InChI=1S/C20H21BrN2O3/c1-12(2)25-9-8-22-16-6-4-14(5-7-16)20-23-18-11-15(21)10-17(13(3)24)19(18)26-20/h4-7,10-12,22H,8-9H2,1-3H3. The van der Waals surface area contributed by atoms with Crippen molar-refractivity contribution in [2.75, 3.05) is 18.5 Å². The summed E-state index contributed by atoms with van der Waals surface area (Å²) >= 11 is 3.41. The minimum Gasteiger partial charge on any atom is -0.435 e. The highest BCUT2D eigenvalue weighted by Crippen LogP contribution is 2.30. The van der Waals surface area contributed by atoms with Crippen molar-refractivity contribution in [2.24, 2.45) is 0 Å². The van der Waals surface area contributed by atoms with E-state index in [2.05, 4.69) is 26.2 Å². The number of ether oxygens (including phenoxy) is 1. The number of hydrogen-bond acceptors (Lipinski definition) is 5. The normalized spacial score (nSPS) is 11.3. The van der Waals surface area contributed by atoms with Crippen LogP contribution in [0.1, 0.15) is 31.1 Å². The quantitative estimate of drug-likeness (QED) is 0.418. The number of hydrogen-bond donors (Lipinski definition) is 1. The molecule has 5 nitrogen and oxygen atoms in total. The maximum Gasteiger partial charge on any atom is 0.227 e. The monoisotopic (exact) mass is 416 g/mol. The van der Waals surface area contributed by atoms with Crippen LogP contribution in [0, 0.1) is 0 Å². The first kappa shape index (κ1) is 18.6. The summed E-state index contributed by atoms with van der Waals surface area (Å²) in [5, 5.41) is 3.31. The van der Waals surface area contributed by atoms with Gasteiger partial charge in [-0.2, -0.15) is 0 Å². The van der Waals surface area contributed by atoms with Crippen molar-refractivity contribution in [3.63, 3.8) is 0 Å². The third-order valence-corrected chi connectivity index (χ3v) is 4.31. The zero-order valence-electron chi connectivity index (χ0n) is 15.0. The molecule has 26 heavy (non-hydrogen) atoms. The summed E-state index contributed by atoms with van der Waals surface area (Å²) in [5.41, 5.74) is 3.56. The number of rotatable bonds is 7. The van der Waals surface area contributed by atoms with E-state index < -0.39 is 0 Å². The molecular formula is C20H21BrN2O3. The van der Waals surface area contributed by atoms with Gasteiger partial charge < -0.3 is 14.5 Å². The van der Waals surface area contributed by atoms with Crippen LogP contribution in [0.5, 0.6) is 0 Å². The Hall–Kier alpha value is -2.18. The lowest BCUT2D eigenvalue weighted by atomic mass is 10.1. The molecule has 3 rings (SSSR count). The number of oxazole rings is 1. The van der Waals surface area contributed by atoms with E-state index in [-0.39, 0.29) is 11.9 Å². The molecule has 1 heterocycles. The summed E-state index contributed by atoms with van der Waals surface area (Å²) in [5.74, 6) is 0.442. The van der Waals surface area contributed by atoms with E-state index in [1.165, 1.54) is 6.92 Å². The summed E-state index contributed by atoms with van der Waals surface area (Å²) in [6.45, 7) is 6.97. The molecule has 0 aliphatic carbocycles. The average Bonchev–Trinajstić information content (AvgIpc) is 3.02. The highest BCUT2D eigenvalue weighted by molar-refractivity contribution is 9.10. The molecule has 2 aromatic carbocycles. The predicted molar refractivity (Wildman–Crippen MR) is 107 cm³/mol. The van der Waals surface area contributed by atoms with Gasteiger partial charge in [-0.05, 0) is 57.2 Å². The Labute approximate surface area is 160 Å². The third-order valence-electron chi connectivity index (χ3n) is 3.85. The fourth-order valence-electron chi connectivity index (χ4n) is 2.60. The topological polar surface area (TPSA) is 64.4 Å². The van der Waals surface area contributed by atoms with Crippen molar-refractivity contribution in [2.45, 2.75) is 26.9 Å². The first-order valence-corrected chi connectivity index (χ1v) is 9.30. The molecule has 0 unspecified atom stereocenters. The van der Waals surface area contributed by atoms with E-state index in [0.717, 1.165) is 22.3 Å². The van der Waals surface area contributed by atoms with Gasteiger partial charge in [-0.3, -0.25) is 4.79 Å². The first-order chi connectivity index (χ1) is 12.4. The van der Waals surface area contributed by atoms with Gasteiger partial charge in [0.25, 0.3) is 0 Å². The molecule has 0 saturated carbocycles. The van der Waals surface area contributed by atoms with E-state index in [9.17, 15) is 4.79 Å². The van der Waals surface area contributed by atoms with Gasteiger partial charge in [0.2, 0.25) is 5.89 Å². The van der Waals surface area contributed by atoms with Crippen LogP contribution in [-0.4, -0.2) is 30.0 Å². The second-order valence-corrected chi connectivity index (χ2v) is 7.22. The van der Waals surface area contributed by atoms with Crippen LogP contribution in [0.4, 0.5) is 5.69 Å². The highest BCUT2D eigenvalue weighted by Gasteiger charge is 2.15. The molecule has 0 bridgehead atoms. The van der Waals surface area contributed by atoms with Crippen molar-refractivity contribution in [1.82, 2.24) is 4.98 Å². The number of nitrogens with zero attached hydrogens (tertiary/aromatic N) is 1. The molecule has 6 heteroatoms. The Morgan fingerprint density at radius 1 is 1.27 bits per heavy atom. The summed E-state index contributed by atoms with van der Waals surface area (Å²) in [6.07, 6.45) is 0.235. The van der Waals surface area contributed by atoms with Crippen LogP contribution >= 0.6 is 15.9 Å². The van der Waals surface area contributed by atoms with Crippen LogP contribution in [0.15, 0.2) is 45.3 Å². The molecular weight excluding hydrogens is 396 g/mol. The Kier molecular flexibility index (Phi) is 5.74. The van der Waals surface area contributed by atoms with E-state index in [1.54, 1.807) is 6.07 Å². The number of ketones is 1. The van der Waals surface area contributed by atoms with E-state index in [1.807, 2.05) is 44.2 Å². The summed E-state index contributed by atoms with van der Waals surface area (Å²) in [4.78, 5) is 16.4. The van der Waals surface area contributed by atoms with Crippen molar-refractivity contribution in [3.8, 4) is 11.5 Å². The molecule has 0 spiro atoms. The SMILES string of the molecule is CC(=O)c1cc(Br)cc2nc(-c3ccc(NCCOC(C)C)cc3)oc12. The minimum atomic E-state index is -0.0536. The van der Waals surface area contributed by atoms with Gasteiger partial charge in [0.05, 0.1) is 18.3 Å². The number of fused-ring (bicyclic) bond motifs is 1. The number of aromatic nitrogens is 1. The Balaban J connectivity index is 1.79. The van der Waals surface area contributed by atoms with Crippen molar-refractivity contribution in [1.29, 1.82) is 0 Å². The number of halogens is 1. The zero-order chi connectivity index (χ0) is 18.7. The molecule has 0 radical (unpaired) electrons. The number of benzene rings is 2. The summed E-state index contributed by atoms with van der Waals surface area (Å²) in [6, 6.07) is 11.4. The van der Waals surface area contributed by atoms with E-state index >= 15 is 0 Å². The lowest BCUT2D eigenvalue weighted by molar-refractivity contribution is 0.0870. The summed E-state index contributed by atoms with van der Waals surface area (Å²) < 4.78 is 12.2. The maximum absolute atomic E-state index is 11.8. The second-order valence-electron chi connectivity index (χ2n) is 6.30. The molecule has 3 aromatic rings. The molecule has 0 aliphatic heterocycles. The Morgan fingerprint density at radius 2 is 2.00 bits per heavy atom. The smallest absolute Gasteiger partial charge is 0.227 e. The Morgan fingerprint density at radius 3 is 2.65 bits per heavy atom. The first-order valence-electron chi connectivity index (χ1n) is 8.51. The number of carbonyl (C=O) groups is 1. The van der Waals surface area contributed by atoms with Crippen molar-refractivity contribution in [3.05, 3.63) is 46.4 Å². The van der Waals surface area contributed by atoms with Gasteiger partial charge in [0.15, 0.2) is 11.4 Å². The van der Waals surface area contributed by atoms with Crippen LogP contribution in [0.2, 0.25) is 0 Å².